The van der Waals surface area contributed by atoms with Crippen LogP contribution in [0.25, 0.3) is 16.9 Å². The molecule has 4 rings (SSSR count). The second kappa shape index (κ2) is 8.75. The van der Waals surface area contributed by atoms with Crippen molar-refractivity contribution in [3.8, 4) is 28.5 Å². The maximum atomic E-state index is 13.9. The second-order valence-corrected chi connectivity index (χ2v) is 7.37. The highest BCUT2D eigenvalue weighted by atomic mass is 35.5. The van der Waals surface area contributed by atoms with Crippen molar-refractivity contribution in [2.24, 2.45) is 0 Å². The number of hydrogen-bond donors (Lipinski definition) is 2. The molecule has 1 amide bonds. The average molecular weight is 493 g/mol. The summed E-state index contributed by atoms with van der Waals surface area (Å²) < 4.78 is 52.6. The zero-order chi connectivity index (χ0) is 24.6. The van der Waals surface area contributed by atoms with Gasteiger partial charge in [0.1, 0.15) is 10.8 Å². The molecule has 0 saturated heterocycles. The summed E-state index contributed by atoms with van der Waals surface area (Å²) in [4.78, 5) is 16.9. The summed E-state index contributed by atoms with van der Waals surface area (Å²) in [6.45, 7) is 0. The molecule has 8 nitrogen and oxygen atoms in total. The molecule has 4 aromatic rings. The Morgan fingerprint density at radius 1 is 1.09 bits per heavy atom. The third-order valence-electron chi connectivity index (χ3n) is 4.82. The van der Waals surface area contributed by atoms with E-state index in [2.05, 4.69) is 15.4 Å². The Labute approximate surface area is 195 Å². The number of phenolic OH excluding ortho intramolecular Hbond substituents is 1. The van der Waals surface area contributed by atoms with E-state index < -0.39 is 23.5 Å². The standard InChI is InChI=1S/C22H16ClF3N4O4/c1-33-15-7-6-11(8-16(15)34-2)14-10-17(22(24,25)26)30-20(28-14)18(23)19(29-30)21(32)27-12-4-3-5-13(31)9-12/h3-10,31H,1-2H3,(H,27,32). The predicted octanol–water partition coefficient (Wildman–Crippen LogP) is 5.04. The first-order valence-corrected chi connectivity index (χ1v) is 9.99. The quantitative estimate of drug-likeness (QED) is 0.405. The van der Waals surface area contributed by atoms with Crippen molar-refractivity contribution in [1.29, 1.82) is 0 Å². The molecule has 2 N–H and O–H groups in total. The molecule has 12 heteroatoms. The molecule has 0 fully saturated rings. The van der Waals surface area contributed by atoms with Gasteiger partial charge in [0.15, 0.2) is 28.5 Å². The van der Waals surface area contributed by atoms with Crippen LogP contribution in [0.3, 0.4) is 0 Å². The number of nitrogens with zero attached hydrogens (tertiary/aromatic N) is 3. The van der Waals surface area contributed by atoms with Gasteiger partial charge in [0.2, 0.25) is 0 Å². The number of carbonyl (C=O) groups is 1. The molecule has 0 saturated carbocycles. The number of nitrogens with one attached hydrogen (secondary N) is 1. The van der Waals surface area contributed by atoms with Crippen LogP contribution in [0.4, 0.5) is 18.9 Å². The SMILES string of the molecule is COc1ccc(-c2cc(C(F)(F)F)n3nc(C(=O)Nc4cccc(O)c4)c(Cl)c3n2)cc1OC. The van der Waals surface area contributed by atoms with Gasteiger partial charge in [-0.25, -0.2) is 9.50 Å². The monoisotopic (exact) mass is 492 g/mol. The number of carbonyl (C=O) groups excluding carboxylic acids is 1. The van der Waals surface area contributed by atoms with E-state index in [1.54, 1.807) is 0 Å². The largest absolute Gasteiger partial charge is 0.508 e. The van der Waals surface area contributed by atoms with Crippen molar-refractivity contribution in [2.75, 3.05) is 19.5 Å². The summed E-state index contributed by atoms with van der Waals surface area (Å²) >= 11 is 6.27. The van der Waals surface area contributed by atoms with Crippen molar-refractivity contribution in [1.82, 2.24) is 14.6 Å². The normalized spacial score (nSPS) is 11.5. The number of anilines is 1. The van der Waals surface area contributed by atoms with Crippen molar-refractivity contribution in [3.63, 3.8) is 0 Å². The maximum absolute atomic E-state index is 13.9. The Morgan fingerprint density at radius 2 is 1.82 bits per heavy atom. The lowest BCUT2D eigenvalue weighted by molar-refractivity contribution is -0.142. The number of hydrogen-bond acceptors (Lipinski definition) is 6. The zero-order valence-corrected chi connectivity index (χ0v) is 18.4. The highest BCUT2D eigenvalue weighted by Gasteiger charge is 2.37. The van der Waals surface area contributed by atoms with Gasteiger partial charge in [-0.1, -0.05) is 17.7 Å². The van der Waals surface area contributed by atoms with Gasteiger partial charge in [-0.05, 0) is 36.4 Å². The van der Waals surface area contributed by atoms with Crippen LogP contribution < -0.4 is 14.8 Å². The number of halogens is 4. The minimum Gasteiger partial charge on any atom is -0.508 e. The molecule has 176 valence electrons. The van der Waals surface area contributed by atoms with Gasteiger partial charge in [-0.3, -0.25) is 4.79 Å². The molecule has 0 bridgehead atoms. The molecule has 0 radical (unpaired) electrons. The van der Waals surface area contributed by atoms with Crippen LogP contribution in [0.2, 0.25) is 5.02 Å². The smallest absolute Gasteiger partial charge is 0.433 e. The summed E-state index contributed by atoms with van der Waals surface area (Å²) in [6.07, 6.45) is -4.83. The first kappa shape index (κ1) is 23.2. The van der Waals surface area contributed by atoms with E-state index >= 15 is 0 Å². The molecule has 0 spiro atoms. The molecule has 0 aliphatic rings. The van der Waals surface area contributed by atoms with Crippen LogP contribution in [0.5, 0.6) is 17.2 Å². The molecular weight excluding hydrogens is 477 g/mol. The van der Waals surface area contributed by atoms with Gasteiger partial charge < -0.3 is 19.9 Å². The Morgan fingerprint density at radius 3 is 2.47 bits per heavy atom. The first-order valence-electron chi connectivity index (χ1n) is 9.61. The fraction of sp³-hybridized carbons (Fsp3) is 0.136. The van der Waals surface area contributed by atoms with Gasteiger partial charge >= 0.3 is 6.18 Å². The lowest BCUT2D eigenvalue weighted by Gasteiger charge is -2.12. The fourth-order valence-electron chi connectivity index (χ4n) is 3.26. The summed E-state index contributed by atoms with van der Waals surface area (Å²) in [5.74, 6) is -0.306. The number of ether oxygens (including phenoxy) is 2. The first-order chi connectivity index (χ1) is 16.1. The third kappa shape index (κ3) is 4.29. The molecule has 34 heavy (non-hydrogen) atoms. The van der Waals surface area contributed by atoms with Gasteiger partial charge in [-0.15, -0.1) is 0 Å². The van der Waals surface area contributed by atoms with Crippen LogP contribution >= 0.6 is 11.6 Å². The number of benzene rings is 2. The van der Waals surface area contributed by atoms with E-state index in [1.807, 2.05) is 0 Å². The van der Waals surface area contributed by atoms with E-state index in [9.17, 15) is 23.1 Å². The topological polar surface area (TPSA) is 98.0 Å². The zero-order valence-electron chi connectivity index (χ0n) is 17.6. The van der Waals surface area contributed by atoms with E-state index in [4.69, 9.17) is 21.1 Å². The van der Waals surface area contributed by atoms with E-state index in [0.29, 0.717) is 21.6 Å². The van der Waals surface area contributed by atoms with Crippen molar-refractivity contribution in [3.05, 3.63) is 64.9 Å². The number of aromatic nitrogens is 3. The highest BCUT2D eigenvalue weighted by molar-refractivity contribution is 6.37. The average Bonchev–Trinajstić information content (AvgIpc) is 3.13. The minimum absolute atomic E-state index is 0.0671. The van der Waals surface area contributed by atoms with Gasteiger partial charge in [0.05, 0.1) is 19.9 Å². The number of fused-ring (bicyclic) bond motifs is 1. The van der Waals surface area contributed by atoms with Crippen molar-refractivity contribution < 1.29 is 32.5 Å². The number of phenols is 1. The number of alkyl halides is 3. The van der Waals surface area contributed by atoms with E-state index in [-0.39, 0.29) is 27.8 Å². The Kier molecular flexibility index (Phi) is 5.96. The molecule has 0 atom stereocenters. The van der Waals surface area contributed by atoms with E-state index in [0.717, 1.165) is 6.07 Å². The van der Waals surface area contributed by atoms with Crippen LogP contribution in [0.1, 0.15) is 16.2 Å². The highest BCUT2D eigenvalue weighted by Crippen LogP contribution is 2.37. The summed E-state index contributed by atoms with van der Waals surface area (Å²) in [5.41, 5.74) is -1.57. The Bertz CT molecular complexity index is 1410. The van der Waals surface area contributed by atoms with Crippen molar-refractivity contribution in [2.45, 2.75) is 6.18 Å². The van der Waals surface area contributed by atoms with E-state index in [1.165, 1.54) is 56.7 Å². The summed E-state index contributed by atoms with van der Waals surface area (Å²) in [7, 11) is 2.82. The number of methoxy groups -OCH3 is 2. The number of aromatic hydroxyl groups is 1. The molecule has 2 aromatic carbocycles. The van der Waals surface area contributed by atoms with Crippen LogP contribution in [-0.4, -0.2) is 39.8 Å². The molecule has 0 aliphatic carbocycles. The molecule has 2 aromatic heterocycles. The minimum atomic E-state index is -4.83. The molecule has 0 unspecified atom stereocenters. The lowest BCUT2D eigenvalue weighted by atomic mass is 10.1. The summed E-state index contributed by atoms with van der Waals surface area (Å²) in [6, 6.07) is 10.9. The maximum Gasteiger partial charge on any atom is 0.433 e. The van der Waals surface area contributed by atoms with Crippen LogP contribution in [-0.2, 0) is 6.18 Å². The van der Waals surface area contributed by atoms with Crippen LogP contribution in [0, 0.1) is 0 Å². The molecular formula is C22H16ClF3N4O4. The summed E-state index contributed by atoms with van der Waals surface area (Å²) in [5, 5.41) is 15.4. The van der Waals surface area contributed by atoms with Gasteiger partial charge in [0, 0.05) is 17.3 Å². The molecule has 2 heterocycles. The second-order valence-electron chi connectivity index (χ2n) is 7.00. The lowest BCUT2D eigenvalue weighted by Crippen LogP contribution is -2.15. The fourth-order valence-corrected chi connectivity index (χ4v) is 3.50. The van der Waals surface area contributed by atoms with Crippen LogP contribution in [0.15, 0.2) is 48.5 Å². The van der Waals surface area contributed by atoms with Crippen molar-refractivity contribution >= 4 is 28.8 Å². The number of amides is 1. The van der Waals surface area contributed by atoms with Gasteiger partial charge in [0.25, 0.3) is 5.91 Å². The number of rotatable bonds is 5. The van der Waals surface area contributed by atoms with Gasteiger partial charge in [-0.2, -0.15) is 18.3 Å². The molecule has 0 aliphatic heterocycles. The Hall–Kier alpha value is -3.99. The third-order valence-corrected chi connectivity index (χ3v) is 5.17. The Balaban J connectivity index is 1.85. The predicted molar refractivity (Wildman–Crippen MR) is 118 cm³/mol.